The molecule has 2 aliphatic heterocycles. The largest absolute Gasteiger partial charge is 0.302 e. The predicted molar refractivity (Wildman–Crippen MR) is 64.0 cm³/mol. The van der Waals surface area contributed by atoms with Crippen molar-refractivity contribution >= 4 is 15.9 Å². The lowest BCUT2D eigenvalue weighted by molar-refractivity contribution is 0.173. The van der Waals surface area contributed by atoms with Crippen LogP contribution in [0.4, 0.5) is 0 Å². The molecule has 2 unspecified atom stereocenters. The van der Waals surface area contributed by atoms with Crippen molar-refractivity contribution in [2.45, 2.75) is 36.6 Å². The maximum absolute atomic E-state index is 3.74. The van der Waals surface area contributed by atoms with E-state index < -0.39 is 0 Å². The van der Waals surface area contributed by atoms with Gasteiger partial charge in [0.15, 0.2) is 0 Å². The molecule has 2 saturated heterocycles. The number of likely N-dealkylation sites (N-methyl/N-ethyl adjacent to an activating group) is 1. The van der Waals surface area contributed by atoms with Gasteiger partial charge in [-0.15, -0.1) is 0 Å². The summed E-state index contributed by atoms with van der Waals surface area (Å²) < 4.78 is 0. The van der Waals surface area contributed by atoms with E-state index in [1.54, 1.807) is 0 Å². The van der Waals surface area contributed by atoms with Crippen molar-refractivity contribution in [1.82, 2.24) is 9.80 Å². The van der Waals surface area contributed by atoms with Crippen LogP contribution in [0, 0.1) is 0 Å². The molecular weight excluding hydrogens is 240 g/mol. The lowest BCUT2D eigenvalue weighted by atomic mass is 10.1. The Balaban J connectivity index is 1.78. The average Bonchev–Trinajstić information content (AvgIpc) is 2.52. The van der Waals surface area contributed by atoms with Crippen molar-refractivity contribution in [2.24, 2.45) is 0 Å². The van der Waals surface area contributed by atoms with Gasteiger partial charge >= 0.3 is 0 Å². The zero-order valence-corrected chi connectivity index (χ0v) is 10.7. The molecule has 2 rings (SSSR count). The summed E-state index contributed by atoms with van der Waals surface area (Å²) >= 11 is 3.74. The van der Waals surface area contributed by atoms with Crippen molar-refractivity contribution in [2.75, 3.05) is 33.2 Å². The molecule has 0 aliphatic carbocycles. The van der Waals surface area contributed by atoms with Crippen LogP contribution in [0.15, 0.2) is 0 Å². The van der Waals surface area contributed by atoms with Gasteiger partial charge in [-0.25, -0.2) is 0 Å². The van der Waals surface area contributed by atoms with Crippen LogP contribution in [0.25, 0.3) is 0 Å². The molecule has 0 aromatic carbocycles. The molecule has 0 bridgehead atoms. The van der Waals surface area contributed by atoms with Crippen molar-refractivity contribution in [3.05, 3.63) is 0 Å². The lowest BCUT2D eigenvalue weighted by Crippen LogP contribution is -2.43. The van der Waals surface area contributed by atoms with Crippen molar-refractivity contribution in [3.63, 3.8) is 0 Å². The van der Waals surface area contributed by atoms with Crippen LogP contribution in [0.3, 0.4) is 0 Å². The van der Waals surface area contributed by atoms with Gasteiger partial charge in [-0.2, -0.15) is 0 Å². The van der Waals surface area contributed by atoms with E-state index in [1.165, 1.54) is 51.9 Å². The first-order valence-electron chi connectivity index (χ1n) is 5.82. The van der Waals surface area contributed by atoms with E-state index in [4.69, 9.17) is 0 Å². The molecule has 0 aromatic heterocycles. The van der Waals surface area contributed by atoms with Gasteiger partial charge in [-0.1, -0.05) is 15.9 Å². The zero-order chi connectivity index (χ0) is 9.97. The van der Waals surface area contributed by atoms with Crippen LogP contribution in [0.2, 0.25) is 0 Å². The van der Waals surface area contributed by atoms with Crippen LogP contribution in [-0.4, -0.2) is 53.9 Å². The second-order valence-corrected chi connectivity index (χ2v) is 6.07. The van der Waals surface area contributed by atoms with Crippen molar-refractivity contribution < 1.29 is 0 Å². The number of halogens is 1. The Bertz CT molecular complexity index is 186. The van der Waals surface area contributed by atoms with E-state index in [0.29, 0.717) is 0 Å². The van der Waals surface area contributed by atoms with Crippen molar-refractivity contribution in [3.8, 4) is 0 Å². The maximum Gasteiger partial charge on any atom is 0.0273 e. The fraction of sp³-hybridized carbons (Fsp3) is 1.00. The lowest BCUT2D eigenvalue weighted by Gasteiger charge is -2.33. The van der Waals surface area contributed by atoms with E-state index >= 15 is 0 Å². The summed E-state index contributed by atoms with van der Waals surface area (Å²) in [7, 11) is 2.27. The summed E-state index contributed by atoms with van der Waals surface area (Å²) in [5.41, 5.74) is 0. The normalized spacial score (nSPS) is 36.4. The minimum atomic E-state index is 0.739. The van der Waals surface area contributed by atoms with Crippen LogP contribution in [0.5, 0.6) is 0 Å². The number of hydrogen-bond acceptors (Lipinski definition) is 2. The van der Waals surface area contributed by atoms with Gasteiger partial charge in [-0.3, -0.25) is 0 Å². The highest BCUT2D eigenvalue weighted by Gasteiger charge is 2.25. The third kappa shape index (κ3) is 2.71. The van der Waals surface area contributed by atoms with Gasteiger partial charge < -0.3 is 9.80 Å². The molecule has 2 aliphatic rings. The molecule has 2 nitrogen and oxygen atoms in total. The summed E-state index contributed by atoms with van der Waals surface area (Å²) in [5, 5.41) is 0. The Labute approximate surface area is 95.8 Å². The third-order valence-electron chi connectivity index (χ3n) is 3.59. The Morgan fingerprint density at radius 3 is 2.64 bits per heavy atom. The van der Waals surface area contributed by atoms with Gasteiger partial charge in [0.2, 0.25) is 0 Å². The number of piperidine rings is 1. The summed E-state index contributed by atoms with van der Waals surface area (Å²) in [6, 6.07) is 0.827. The number of likely N-dealkylation sites (tertiary alicyclic amines) is 2. The minimum absolute atomic E-state index is 0.739. The standard InChI is InChI=1S/C11H21BrN2/c1-13-6-3-5-11(13)9-14-7-2-4-10(12)8-14/h10-11H,2-9H2,1H3. The van der Waals surface area contributed by atoms with E-state index in [0.717, 1.165) is 10.9 Å². The average molecular weight is 261 g/mol. The summed E-state index contributed by atoms with van der Waals surface area (Å²) in [4.78, 5) is 5.90. The van der Waals surface area contributed by atoms with Crippen LogP contribution in [-0.2, 0) is 0 Å². The number of rotatable bonds is 2. The molecule has 0 amide bonds. The molecule has 0 saturated carbocycles. The maximum atomic E-state index is 3.74. The SMILES string of the molecule is CN1CCCC1CN1CCCC(Br)C1. The molecule has 0 radical (unpaired) electrons. The quantitative estimate of drug-likeness (QED) is 0.701. The first kappa shape index (κ1) is 10.9. The Kier molecular flexibility index (Phi) is 3.86. The Morgan fingerprint density at radius 2 is 2.00 bits per heavy atom. The third-order valence-corrected chi connectivity index (χ3v) is 4.34. The molecule has 0 aromatic rings. The van der Waals surface area contributed by atoms with Gasteiger partial charge in [0.25, 0.3) is 0 Å². The molecule has 82 valence electrons. The summed E-state index contributed by atoms with van der Waals surface area (Å²) in [5.74, 6) is 0. The first-order valence-corrected chi connectivity index (χ1v) is 6.74. The summed E-state index contributed by atoms with van der Waals surface area (Å²) in [6.45, 7) is 5.16. The highest BCUT2D eigenvalue weighted by Crippen LogP contribution is 2.20. The molecule has 14 heavy (non-hydrogen) atoms. The van der Waals surface area contributed by atoms with E-state index in [2.05, 4.69) is 32.8 Å². The first-order chi connectivity index (χ1) is 6.75. The minimum Gasteiger partial charge on any atom is -0.302 e. The van der Waals surface area contributed by atoms with Crippen LogP contribution in [0.1, 0.15) is 25.7 Å². The van der Waals surface area contributed by atoms with Gasteiger partial charge in [0.05, 0.1) is 0 Å². The van der Waals surface area contributed by atoms with Gasteiger partial charge in [0, 0.05) is 24.0 Å². The van der Waals surface area contributed by atoms with Gasteiger partial charge in [-0.05, 0) is 45.8 Å². The molecule has 2 heterocycles. The van der Waals surface area contributed by atoms with Crippen molar-refractivity contribution in [1.29, 1.82) is 0 Å². The fourth-order valence-electron chi connectivity index (χ4n) is 2.67. The summed E-state index contributed by atoms with van der Waals surface area (Å²) in [6.07, 6.45) is 5.52. The van der Waals surface area contributed by atoms with E-state index in [-0.39, 0.29) is 0 Å². The van der Waals surface area contributed by atoms with Crippen LogP contribution < -0.4 is 0 Å². The highest BCUT2D eigenvalue weighted by atomic mass is 79.9. The van der Waals surface area contributed by atoms with Crippen LogP contribution >= 0.6 is 15.9 Å². The zero-order valence-electron chi connectivity index (χ0n) is 9.08. The van der Waals surface area contributed by atoms with E-state index in [9.17, 15) is 0 Å². The second kappa shape index (κ2) is 4.95. The molecule has 2 atom stereocenters. The second-order valence-electron chi connectivity index (χ2n) is 4.78. The molecule has 2 fully saturated rings. The van der Waals surface area contributed by atoms with Gasteiger partial charge in [0.1, 0.15) is 0 Å². The number of nitrogens with zero attached hydrogens (tertiary/aromatic N) is 2. The fourth-order valence-corrected chi connectivity index (χ4v) is 3.41. The van der Waals surface area contributed by atoms with E-state index in [1.807, 2.05) is 0 Å². The highest BCUT2D eigenvalue weighted by molar-refractivity contribution is 9.09. The Hall–Kier alpha value is 0.400. The monoisotopic (exact) mass is 260 g/mol. The molecule has 0 N–H and O–H groups in total. The number of alkyl halides is 1. The molecule has 3 heteroatoms. The predicted octanol–water partition coefficient (Wildman–Crippen LogP) is 1.94. The molecular formula is C11H21BrN2. The Morgan fingerprint density at radius 1 is 1.21 bits per heavy atom. The topological polar surface area (TPSA) is 6.48 Å². The number of hydrogen-bond donors (Lipinski definition) is 0. The molecule has 0 spiro atoms. The smallest absolute Gasteiger partial charge is 0.0273 e.